The topological polar surface area (TPSA) is 37.4 Å². The molecule has 1 aliphatic rings. The van der Waals surface area contributed by atoms with E-state index in [9.17, 15) is 9.59 Å². The molecule has 0 saturated carbocycles. The number of likely N-dealkylation sites (tertiary alicyclic amines) is 1. The van der Waals surface area contributed by atoms with Gasteiger partial charge in [-0.1, -0.05) is 13.0 Å². The van der Waals surface area contributed by atoms with Crippen molar-refractivity contribution in [3.05, 3.63) is 12.3 Å². The van der Waals surface area contributed by atoms with Crippen molar-refractivity contribution in [2.24, 2.45) is 0 Å². The number of ketones is 1. The summed E-state index contributed by atoms with van der Waals surface area (Å²) in [6.07, 6.45) is 4.13. The number of hydrogen-bond donors (Lipinski definition) is 1. The van der Waals surface area contributed by atoms with Crippen LogP contribution in [0.1, 0.15) is 39.0 Å². The Kier molecular flexibility index (Phi) is 5.06. The third-order valence-corrected chi connectivity index (χ3v) is 3.18. The lowest BCUT2D eigenvalue weighted by atomic mass is 10.1. The Morgan fingerprint density at radius 1 is 1.50 bits per heavy atom. The number of Topliss-reactive ketones (excluding diaryl/α,β-unsaturated/α-hetero) is 1. The van der Waals surface area contributed by atoms with Gasteiger partial charge in [0, 0.05) is 25.1 Å². The van der Waals surface area contributed by atoms with Gasteiger partial charge in [0.1, 0.15) is 5.78 Å². The molecule has 1 fully saturated rings. The first-order valence-electron chi connectivity index (χ1n) is 5.69. The van der Waals surface area contributed by atoms with Crippen molar-refractivity contribution < 1.29 is 9.59 Å². The second-order valence-electron chi connectivity index (χ2n) is 4.29. The molecule has 1 atom stereocenters. The maximum atomic E-state index is 11.6. The zero-order valence-corrected chi connectivity index (χ0v) is 10.6. The maximum absolute atomic E-state index is 11.6. The number of allylic oxidation sites excluding steroid dienone is 1. The first-order chi connectivity index (χ1) is 7.52. The fourth-order valence-electron chi connectivity index (χ4n) is 1.85. The largest absolute Gasteiger partial charge is 0.316 e. The molecular weight excluding hydrogens is 222 g/mol. The van der Waals surface area contributed by atoms with E-state index < -0.39 is 0 Å². The molecule has 0 aromatic heterocycles. The molecule has 1 amide bonds. The summed E-state index contributed by atoms with van der Waals surface area (Å²) in [6.45, 7) is 6.19. The van der Waals surface area contributed by atoms with Gasteiger partial charge in [-0.25, -0.2) is 0 Å². The molecule has 0 N–H and O–H groups in total. The van der Waals surface area contributed by atoms with Crippen LogP contribution in [0.25, 0.3) is 0 Å². The van der Waals surface area contributed by atoms with Crippen LogP contribution >= 0.6 is 12.6 Å². The minimum atomic E-state index is -0.204. The highest BCUT2D eigenvalue weighted by Crippen LogP contribution is 2.25. The van der Waals surface area contributed by atoms with Gasteiger partial charge in [0.05, 0.1) is 5.25 Å². The third-order valence-electron chi connectivity index (χ3n) is 2.77. The number of thiol groups is 1. The van der Waals surface area contributed by atoms with Crippen LogP contribution < -0.4 is 0 Å². The summed E-state index contributed by atoms with van der Waals surface area (Å²) in [5.41, 5.74) is 0.872. The van der Waals surface area contributed by atoms with Crippen LogP contribution in [-0.4, -0.2) is 28.4 Å². The minimum Gasteiger partial charge on any atom is -0.316 e. The molecule has 4 heteroatoms. The van der Waals surface area contributed by atoms with E-state index in [2.05, 4.69) is 19.2 Å². The van der Waals surface area contributed by atoms with Gasteiger partial charge in [-0.15, -0.1) is 0 Å². The Morgan fingerprint density at radius 3 is 2.69 bits per heavy atom. The van der Waals surface area contributed by atoms with E-state index in [4.69, 9.17) is 0 Å². The quantitative estimate of drug-likeness (QED) is 0.571. The number of hydrogen-bond acceptors (Lipinski definition) is 3. The number of rotatable bonds is 6. The Hall–Kier alpha value is -0.770. The summed E-state index contributed by atoms with van der Waals surface area (Å²) in [5, 5.41) is -0.204. The highest BCUT2D eigenvalue weighted by atomic mass is 32.1. The van der Waals surface area contributed by atoms with Crippen molar-refractivity contribution in [1.82, 2.24) is 4.90 Å². The smallest absolute Gasteiger partial charge is 0.239 e. The van der Waals surface area contributed by atoms with Gasteiger partial charge in [0.15, 0.2) is 0 Å². The molecule has 16 heavy (non-hydrogen) atoms. The minimum absolute atomic E-state index is 0.0694. The van der Waals surface area contributed by atoms with Crippen LogP contribution in [0, 0.1) is 0 Å². The van der Waals surface area contributed by atoms with Gasteiger partial charge in [-0.2, -0.15) is 12.6 Å². The number of unbranched alkanes of at least 4 members (excludes halogenated alkanes) is 2. The van der Waals surface area contributed by atoms with Gasteiger partial charge in [-0.3, -0.25) is 4.79 Å². The van der Waals surface area contributed by atoms with Crippen LogP contribution in [0.15, 0.2) is 12.3 Å². The normalized spacial score (nSPS) is 20.6. The van der Waals surface area contributed by atoms with Crippen molar-refractivity contribution in [3.63, 3.8) is 0 Å². The molecule has 0 aromatic rings. The average Bonchev–Trinajstić information content (AvgIpc) is 2.43. The predicted molar refractivity (Wildman–Crippen MR) is 67.4 cm³/mol. The average molecular weight is 241 g/mol. The lowest BCUT2D eigenvalue weighted by Gasteiger charge is -2.16. The Bertz CT molecular complexity index is 301. The molecule has 1 heterocycles. The first kappa shape index (κ1) is 13.3. The third kappa shape index (κ3) is 3.67. The fourth-order valence-corrected chi connectivity index (χ4v) is 2.20. The van der Waals surface area contributed by atoms with Crippen LogP contribution in [0.2, 0.25) is 0 Å². The monoisotopic (exact) mass is 241 g/mol. The second kappa shape index (κ2) is 6.09. The predicted octanol–water partition coefficient (Wildman–Crippen LogP) is 2.18. The van der Waals surface area contributed by atoms with Crippen molar-refractivity contribution in [2.75, 3.05) is 6.54 Å². The molecule has 3 nitrogen and oxygen atoms in total. The van der Waals surface area contributed by atoms with Gasteiger partial charge >= 0.3 is 0 Å². The Labute approximate surface area is 102 Å². The second-order valence-corrected chi connectivity index (χ2v) is 4.91. The highest BCUT2D eigenvalue weighted by molar-refractivity contribution is 7.81. The standard InChI is InChI=1S/C12H19NO2S/c1-9-8-11(16)12(15)13(9)7-5-3-4-6-10(2)14/h11,16H,1,3-8H2,2H3. The summed E-state index contributed by atoms with van der Waals surface area (Å²) in [5.74, 6) is 0.303. The summed E-state index contributed by atoms with van der Waals surface area (Å²) >= 11 is 4.20. The molecule has 0 aliphatic carbocycles. The van der Waals surface area contributed by atoms with Gasteiger partial charge in [-0.05, 0) is 19.8 Å². The van der Waals surface area contributed by atoms with Crippen molar-refractivity contribution in [3.8, 4) is 0 Å². The number of nitrogens with zero attached hydrogens (tertiary/aromatic N) is 1. The molecule has 0 radical (unpaired) electrons. The number of amides is 1. The lowest BCUT2D eigenvalue weighted by molar-refractivity contribution is -0.126. The van der Waals surface area contributed by atoms with Crippen LogP contribution in [-0.2, 0) is 9.59 Å². The molecule has 0 aromatic carbocycles. The fraction of sp³-hybridized carbons (Fsp3) is 0.667. The van der Waals surface area contributed by atoms with E-state index >= 15 is 0 Å². The molecule has 1 saturated heterocycles. The Balaban J connectivity index is 2.20. The maximum Gasteiger partial charge on any atom is 0.239 e. The van der Waals surface area contributed by atoms with E-state index in [1.807, 2.05) is 0 Å². The summed E-state index contributed by atoms with van der Waals surface area (Å²) in [6, 6.07) is 0. The molecule has 1 aliphatic heterocycles. The number of carbonyl (C=O) groups excluding carboxylic acids is 2. The molecule has 90 valence electrons. The van der Waals surface area contributed by atoms with Crippen LogP contribution in [0.5, 0.6) is 0 Å². The van der Waals surface area contributed by atoms with E-state index in [1.165, 1.54) is 0 Å². The van der Waals surface area contributed by atoms with Crippen molar-refractivity contribution in [1.29, 1.82) is 0 Å². The lowest BCUT2D eigenvalue weighted by Crippen LogP contribution is -2.27. The van der Waals surface area contributed by atoms with Gasteiger partial charge in [0.25, 0.3) is 0 Å². The number of carbonyl (C=O) groups is 2. The summed E-state index contributed by atoms with van der Waals surface area (Å²) in [4.78, 5) is 24.1. The Morgan fingerprint density at radius 2 is 2.19 bits per heavy atom. The van der Waals surface area contributed by atoms with Crippen molar-refractivity contribution >= 4 is 24.3 Å². The highest BCUT2D eigenvalue weighted by Gasteiger charge is 2.31. The van der Waals surface area contributed by atoms with Crippen molar-refractivity contribution in [2.45, 2.75) is 44.3 Å². The molecule has 1 unspecified atom stereocenters. The molecule has 0 spiro atoms. The summed E-state index contributed by atoms with van der Waals surface area (Å²) < 4.78 is 0. The first-order valence-corrected chi connectivity index (χ1v) is 6.20. The van der Waals surface area contributed by atoms with Gasteiger partial charge < -0.3 is 9.69 Å². The van der Waals surface area contributed by atoms with Crippen LogP contribution in [0.3, 0.4) is 0 Å². The summed E-state index contributed by atoms with van der Waals surface area (Å²) in [7, 11) is 0. The zero-order valence-electron chi connectivity index (χ0n) is 9.74. The van der Waals surface area contributed by atoms with E-state index in [0.29, 0.717) is 19.4 Å². The molecular formula is C12H19NO2S. The van der Waals surface area contributed by atoms with Crippen LogP contribution in [0.4, 0.5) is 0 Å². The van der Waals surface area contributed by atoms with E-state index in [1.54, 1.807) is 11.8 Å². The van der Waals surface area contributed by atoms with Gasteiger partial charge in [0.2, 0.25) is 5.91 Å². The van der Waals surface area contributed by atoms with E-state index in [0.717, 1.165) is 25.0 Å². The molecule has 1 rings (SSSR count). The molecule has 0 bridgehead atoms. The zero-order chi connectivity index (χ0) is 12.1. The SMILES string of the molecule is C=C1CC(S)C(=O)N1CCCCCC(C)=O. The van der Waals surface area contributed by atoms with E-state index in [-0.39, 0.29) is 16.9 Å².